The molecule has 7 heteroatoms. The molecule has 0 radical (unpaired) electrons. The van der Waals surface area contributed by atoms with E-state index in [1.54, 1.807) is 0 Å². The molecule has 78 valence electrons. The molecule has 0 saturated heterocycles. The van der Waals surface area contributed by atoms with Crippen molar-refractivity contribution >= 4 is 35.0 Å². The first kappa shape index (κ1) is 11.8. The Labute approximate surface area is 96.4 Å². The van der Waals surface area contributed by atoms with Gasteiger partial charge in [0.1, 0.15) is 0 Å². The highest BCUT2D eigenvalue weighted by molar-refractivity contribution is 7.99. The normalized spacial score (nSPS) is 10.2. The van der Waals surface area contributed by atoms with Crippen LogP contribution in [0.4, 0.5) is 0 Å². The number of aromatic nitrogens is 3. The lowest BCUT2D eigenvalue weighted by atomic mass is 10.6. The molecule has 0 saturated carbocycles. The summed E-state index contributed by atoms with van der Waals surface area (Å²) in [7, 11) is 1.48. The summed E-state index contributed by atoms with van der Waals surface area (Å²) >= 11 is 12.7. The molecule has 0 unspecified atom stereocenters. The summed E-state index contributed by atoms with van der Waals surface area (Å²) in [5.41, 5.74) is 0. The van der Waals surface area contributed by atoms with Crippen molar-refractivity contribution in [2.75, 3.05) is 18.7 Å². The Morgan fingerprint density at radius 1 is 1.36 bits per heavy atom. The van der Waals surface area contributed by atoms with E-state index in [2.05, 4.69) is 15.0 Å². The van der Waals surface area contributed by atoms with Gasteiger partial charge < -0.3 is 4.74 Å². The van der Waals surface area contributed by atoms with E-state index in [0.29, 0.717) is 11.0 Å². The molecule has 0 atom stereocenters. The lowest BCUT2D eigenvalue weighted by Gasteiger charge is -2.01. The average molecular weight is 254 g/mol. The molecule has 4 nitrogen and oxygen atoms in total. The number of hydrogen-bond donors (Lipinski definition) is 0. The molecule has 0 aliphatic heterocycles. The van der Waals surface area contributed by atoms with Gasteiger partial charge in [-0.2, -0.15) is 15.0 Å². The Morgan fingerprint density at radius 3 is 2.79 bits per heavy atom. The van der Waals surface area contributed by atoms with Gasteiger partial charge in [-0.1, -0.05) is 11.8 Å². The third-order valence-corrected chi connectivity index (χ3v) is 2.63. The van der Waals surface area contributed by atoms with Gasteiger partial charge in [0, 0.05) is 11.6 Å². The van der Waals surface area contributed by atoms with Crippen molar-refractivity contribution in [2.45, 2.75) is 11.6 Å². The summed E-state index contributed by atoms with van der Waals surface area (Å²) in [4.78, 5) is 11.7. The monoisotopic (exact) mass is 253 g/mol. The SMILES string of the molecule is COc1nc(Cl)nc(SCCCCl)n1. The molecule has 1 aromatic rings. The number of alkyl halides is 1. The van der Waals surface area contributed by atoms with E-state index in [1.165, 1.54) is 18.9 Å². The largest absolute Gasteiger partial charge is 0.467 e. The van der Waals surface area contributed by atoms with Crippen LogP contribution in [0.3, 0.4) is 0 Å². The van der Waals surface area contributed by atoms with Crippen LogP contribution in [0, 0.1) is 0 Å². The van der Waals surface area contributed by atoms with Crippen LogP contribution >= 0.6 is 35.0 Å². The van der Waals surface area contributed by atoms with Gasteiger partial charge in [-0.05, 0) is 18.0 Å². The Kier molecular flexibility index (Phi) is 5.29. The fourth-order valence-corrected chi connectivity index (χ4v) is 1.95. The maximum absolute atomic E-state index is 5.66. The van der Waals surface area contributed by atoms with Gasteiger partial charge in [-0.3, -0.25) is 0 Å². The maximum atomic E-state index is 5.66. The van der Waals surface area contributed by atoms with E-state index in [0.717, 1.165) is 12.2 Å². The zero-order chi connectivity index (χ0) is 10.4. The van der Waals surface area contributed by atoms with Crippen LogP contribution in [0.2, 0.25) is 5.28 Å². The summed E-state index contributed by atoms with van der Waals surface area (Å²) in [6.07, 6.45) is 0.901. The van der Waals surface area contributed by atoms with E-state index in [-0.39, 0.29) is 11.3 Å². The van der Waals surface area contributed by atoms with E-state index >= 15 is 0 Å². The zero-order valence-electron chi connectivity index (χ0n) is 7.54. The number of thioether (sulfide) groups is 1. The molecule has 0 spiro atoms. The molecule has 14 heavy (non-hydrogen) atoms. The highest BCUT2D eigenvalue weighted by Gasteiger charge is 2.04. The molecule has 0 fully saturated rings. The Bertz CT molecular complexity index is 300. The molecule has 1 heterocycles. The average Bonchev–Trinajstić information content (AvgIpc) is 2.17. The summed E-state index contributed by atoms with van der Waals surface area (Å²) in [6, 6.07) is 0.235. The first-order valence-electron chi connectivity index (χ1n) is 3.90. The molecule has 0 bridgehead atoms. The second-order valence-electron chi connectivity index (χ2n) is 2.26. The zero-order valence-corrected chi connectivity index (χ0v) is 9.86. The second kappa shape index (κ2) is 6.27. The second-order valence-corrected chi connectivity index (χ2v) is 4.04. The third kappa shape index (κ3) is 3.86. The van der Waals surface area contributed by atoms with Crippen molar-refractivity contribution in [1.29, 1.82) is 0 Å². The summed E-state index contributed by atoms with van der Waals surface area (Å²) in [5.74, 6) is 1.48. The number of hydrogen-bond acceptors (Lipinski definition) is 5. The van der Waals surface area contributed by atoms with Gasteiger partial charge in [0.2, 0.25) is 5.28 Å². The quantitative estimate of drug-likeness (QED) is 0.458. The smallest absolute Gasteiger partial charge is 0.321 e. The maximum Gasteiger partial charge on any atom is 0.321 e. The van der Waals surface area contributed by atoms with Crippen LogP contribution in [0.15, 0.2) is 5.16 Å². The number of halogens is 2. The van der Waals surface area contributed by atoms with Crippen LogP contribution in [-0.2, 0) is 0 Å². The van der Waals surface area contributed by atoms with Crippen LogP contribution in [-0.4, -0.2) is 33.7 Å². The summed E-state index contributed by atoms with van der Waals surface area (Å²) in [5, 5.41) is 0.706. The van der Waals surface area contributed by atoms with Crippen molar-refractivity contribution in [3.63, 3.8) is 0 Å². The number of methoxy groups -OCH3 is 1. The highest BCUT2D eigenvalue weighted by Crippen LogP contribution is 2.18. The standard InChI is InChI=1S/C7H9Cl2N3OS/c1-13-6-10-5(9)11-7(12-6)14-4-2-3-8/h2-4H2,1H3. The molecular weight excluding hydrogens is 245 g/mol. The number of rotatable bonds is 5. The minimum atomic E-state index is 0.144. The minimum absolute atomic E-state index is 0.144. The molecule has 1 aromatic heterocycles. The fraction of sp³-hybridized carbons (Fsp3) is 0.571. The summed E-state index contributed by atoms with van der Waals surface area (Å²) in [6.45, 7) is 0. The lowest BCUT2D eigenvalue weighted by molar-refractivity contribution is 0.373. The third-order valence-electron chi connectivity index (χ3n) is 1.26. The molecule has 0 aliphatic carbocycles. The highest BCUT2D eigenvalue weighted by atomic mass is 35.5. The van der Waals surface area contributed by atoms with Crippen molar-refractivity contribution in [2.24, 2.45) is 0 Å². The van der Waals surface area contributed by atoms with Crippen molar-refractivity contribution in [3.8, 4) is 6.01 Å². The van der Waals surface area contributed by atoms with Crippen LogP contribution in [0.5, 0.6) is 6.01 Å². The summed E-state index contributed by atoms with van der Waals surface area (Å²) < 4.78 is 4.86. The first-order chi connectivity index (χ1) is 6.76. The van der Waals surface area contributed by atoms with Crippen LogP contribution < -0.4 is 4.74 Å². The van der Waals surface area contributed by atoms with E-state index in [9.17, 15) is 0 Å². The van der Waals surface area contributed by atoms with Crippen LogP contribution in [0.25, 0.3) is 0 Å². The number of ether oxygens (including phenoxy) is 1. The van der Waals surface area contributed by atoms with Crippen LogP contribution in [0.1, 0.15) is 6.42 Å². The lowest BCUT2D eigenvalue weighted by Crippen LogP contribution is -1.97. The van der Waals surface area contributed by atoms with Gasteiger partial charge in [-0.15, -0.1) is 11.6 Å². The van der Waals surface area contributed by atoms with Gasteiger partial charge in [0.05, 0.1) is 7.11 Å². The van der Waals surface area contributed by atoms with E-state index in [1.807, 2.05) is 0 Å². The Hall–Kier alpha value is -0.260. The molecule has 0 N–H and O–H groups in total. The predicted octanol–water partition coefficient (Wildman–Crippen LogP) is 2.25. The predicted molar refractivity (Wildman–Crippen MR) is 57.5 cm³/mol. The van der Waals surface area contributed by atoms with Crippen molar-refractivity contribution in [1.82, 2.24) is 15.0 Å². The van der Waals surface area contributed by atoms with Gasteiger partial charge in [-0.25, -0.2) is 0 Å². The van der Waals surface area contributed by atoms with E-state index in [4.69, 9.17) is 27.9 Å². The van der Waals surface area contributed by atoms with Crippen molar-refractivity contribution in [3.05, 3.63) is 5.28 Å². The molecule has 0 aromatic carbocycles. The first-order valence-corrected chi connectivity index (χ1v) is 5.80. The Balaban J connectivity index is 2.62. The Morgan fingerprint density at radius 2 is 2.14 bits per heavy atom. The van der Waals surface area contributed by atoms with Gasteiger partial charge >= 0.3 is 6.01 Å². The molecule has 0 aliphatic rings. The molecule has 0 amide bonds. The minimum Gasteiger partial charge on any atom is -0.467 e. The molecular formula is C7H9Cl2N3OS. The van der Waals surface area contributed by atoms with Crippen molar-refractivity contribution < 1.29 is 4.74 Å². The van der Waals surface area contributed by atoms with E-state index < -0.39 is 0 Å². The molecule has 1 rings (SSSR count). The fourth-order valence-electron chi connectivity index (χ4n) is 0.689. The van der Waals surface area contributed by atoms with Gasteiger partial charge in [0.15, 0.2) is 5.16 Å². The number of nitrogens with zero attached hydrogens (tertiary/aromatic N) is 3. The van der Waals surface area contributed by atoms with Gasteiger partial charge in [0.25, 0.3) is 0 Å². The topological polar surface area (TPSA) is 47.9 Å².